The Morgan fingerprint density at radius 2 is 1.88 bits per heavy atom. The smallest absolute Gasteiger partial charge is 0.273 e. The van der Waals surface area contributed by atoms with Gasteiger partial charge in [-0.2, -0.15) is 4.31 Å². The summed E-state index contributed by atoms with van der Waals surface area (Å²) < 4.78 is 27.3. The highest BCUT2D eigenvalue weighted by atomic mass is 35.5. The number of nitro benzene ring substituents is 1. The van der Waals surface area contributed by atoms with E-state index in [0.717, 1.165) is 0 Å². The van der Waals surface area contributed by atoms with E-state index in [-0.39, 0.29) is 34.4 Å². The minimum absolute atomic E-state index is 0. The molecular formula is C15H24ClN3O4S. The Labute approximate surface area is 148 Å². The normalized spacial score (nSPS) is 21.1. The highest BCUT2D eigenvalue weighted by molar-refractivity contribution is 7.89. The van der Waals surface area contributed by atoms with E-state index in [0.29, 0.717) is 30.6 Å². The van der Waals surface area contributed by atoms with Crippen LogP contribution in [0.15, 0.2) is 17.0 Å². The van der Waals surface area contributed by atoms with Gasteiger partial charge in [0.15, 0.2) is 0 Å². The number of nitrogens with two attached hydrogens (primary N) is 1. The van der Waals surface area contributed by atoms with Crippen LogP contribution >= 0.6 is 12.4 Å². The largest absolute Gasteiger partial charge is 0.327 e. The molecule has 0 aliphatic carbocycles. The first-order valence-electron chi connectivity index (χ1n) is 7.48. The van der Waals surface area contributed by atoms with Crippen molar-refractivity contribution in [1.29, 1.82) is 0 Å². The van der Waals surface area contributed by atoms with E-state index >= 15 is 0 Å². The summed E-state index contributed by atoms with van der Waals surface area (Å²) in [6, 6.07) is 2.65. The van der Waals surface area contributed by atoms with E-state index in [2.05, 4.69) is 0 Å². The summed E-state index contributed by atoms with van der Waals surface area (Å²) in [5.74, 6) is 0. The van der Waals surface area contributed by atoms with E-state index in [4.69, 9.17) is 5.73 Å². The number of piperidine rings is 1. The summed E-state index contributed by atoms with van der Waals surface area (Å²) in [4.78, 5) is 10.6. The van der Waals surface area contributed by atoms with Gasteiger partial charge in [-0.05, 0) is 37.3 Å². The molecular weight excluding hydrogens is 354 g/mol. The number of aryl methyl sites for hydroxylation is 2. The zero-order valence-electron chi connectivity index (χ0n) is 14.3. The number of sulfonamides is 1. The fourth-order valence-corrected chi connectivity index (χ4v) is 4.82. The van der Waals surface area contributed by atoms with Crippen molar-refractivity contribution < 1.29 is 13.3 Å². The SMILES string of the molecule is Cc1cc(C)c(S(=O)(=O)N2CCC(N)C(C)(C)C2)cc1[N+](=O)[O-].Cl. The summed E-state index contributed by atoms with van der Waals surface area (Å²) in [5, 5.41) is 11.1. The van der Waals surface area contributed by atoms with Gasteiger partial charge >= 0.3 is 0 Å². The lowest BCUT2D eigenvalue weighted by atomic mass is 9.81. The van der Waals surface area contributed by atoms with Gasteiger partial charge in [-0.25, -0.2) is 8.42 Å². The lowest BCUT2D eigenvalue weighted by Gasteiger charge is -2.41. The molecule has 0 aromatic heterocycles. The number of hydrogen-bond donors (Lipinski definition) is 1. The first-order valence-corrected chi connectivity index (χ1v) is 8.92. The van der Waals surface area contributed by atoms with E-state index in [1.54, 1.807) is 19.9 Å². The summed E-state index contributed by atoms with van der Waals surface area (Å²) in [6.45, 7) is 7.76. The molecule has 0 saturated carbocycles. The van der Waals surface area contributed by atoms with Gasteiger partial charge in [0.25, 0.3) is 5.69 Å². The Bertz CT molecular complexity index is 749. The third kappa shape index (κ3) is 3.72. The molecule has 1 unspecified atom stereocenters. The molecule has 0 bridgehead atoms. The number of nitrogens with zero attached hydrogens (tertiary/aromatic N) is 2. The van der Waals surface area contributed by atoms with Crippen molar-refractivity contribution in [3.8, 4) is 0 Å². The van der Waals surface area contributed by atoms with Gasteiger partial charge in [0.2, 0.25) is 10.0 Å². The van der Waals surface area contributed by atoms with Crippen molar-refractivity contribution >= 4 is 28.1 Å². The van der Waals surface area contributed by atoms with Crippen LogP contribution in [0, 0.1) is 29.4 Å². The average Bonchev–Trinajstić information content (AvgIpc) is 2.40. The second kappa shape index (κ2) is 6.95. The van der Waals surface area contributed by atoms with Crippen molar-refractivity contribution in [2.75, 3.05) is 13.1 Å². The molecule has 9 heteroatoms. The van der Waals surface area contributed by atoms with Crippen LogP contribution in [0.4, 0.5) is 5.69 Å². The average molecular weight is 378 g/mol. The van der Waals surface area contributed by atoms with Crippen LogP contribution in [-0.4, -0.2) is 36.8 Å². The summed E-state index contributed by atoms with van der Waals surface area (Å²) in [5.41, 5.74) is 6.51. The van der Waals surface area contributed by atoms with E-state index < -0.39 is 14.9 Å². The molecule has 1 aliphatic heterocycles. The Balaban J connectivity index is 0.00000288. The molecule has 1 saturated heterocycles. The van der Waals surface area contributed by atoms with E-state index in [1.165, 1.54) is 10.4 Å². The minimum atomic E-state index is -3.79. The molecule has 1 aromatic carbocycles. The minimum Gasteiger partial charge on any atom is -0.327 e. The van der Waals surface area contributed by atoms with Crippen molar-refractivity contribution in [1.82, 2.24) is 4.31 Å². The number of hydrogen-bond acceptors (Lipinski definition) is 5. The Hall–Kier alpha value is -1.22. The molecule has 2 N–H and O–H groups in total. The van der Waals surface area contributed by atoms with Gasteiger partial charge in [-0.15, -0.1) is 12.4 Å². The fourth-order valence-electron chi connectivity index (χ4n) is 2.97. The molecule has 1 atom stereocenters. The van der Waals surface area contributed by atoms with Crippen LogP contribution in [-0.2, 0) is 10.0 Å². The van der Waals surface area contributed by atoms with Crippen LogP contribution in [0.1, 0.15) is 31.4 Å². The predicted octanol–water partition coefficient (Wildman–Crippen LogP) is 2.38. The summed E-state index contributed by atoms with van der Waals surface area (Å²) in [6.07, 6.45) is 0.569. The van der Waals surface area contributed by atoms with E-state index in [9.17, 15) is 18.5 Å². The lowest BCUT2D eigenvalue weighted by Crippen LogP contribution is -2.53. The predicted molar refractivity (Wildman–Crippen MR) is 95.0 cm³/mol. The third-order valence-electron chi connectivity index (χ3n) is 4.59. The van der Waals surface area contributed by atoms with Crippen LogP contribution in [0.5, 0.6) is 0 Å². The standard InChI is InChI=1S/C15H23N3O4S.ClH/c1-10-7-11(2)13(8-12(10)18(19)20)23(21,22)17-6-5-14(16)15(3,4)9-17;/h7-8,14H,5-6,9,16H2,1-4H3;1H. The number of halogens is 1. The van der Waals surface area contributed by atoms with Crippen molar-refractivity contribution in [3.63, 3.8) is 0 Å². The Morgan fingerprint density at radius 3 is 2.38 bits per heavy atom. The van der Waals surface area contributed by atoms with Crippen molar-refractivity contribution in [3.05, 3.63) is 33.4 Å². The second-order valence-electron chi connectivity index (χ2n) is 6.88. The number of rotatable bonds is 3. The maximum absolute atomic E-state index is 13.0. The van der Waals surface area contributed by atoms with E-state index in [1.807, 2.05) is 13.8 Å². The summed E-state index contributed by atoms with van der Waals surface area (Å²) >= 11 is 0. The zero-order chi connectivity index (χ0) is 17.6. The van der Waals surface area contributed by atoms with Gasteiger partial charge in [0.05, 0.1) is 9.82 Å². The molecule has 1 aliphatic rings. The summed E-state index contributed by atoms with van der Waals surface area (Å²) in [7, 11) is -3.79. The van der Waals surface area contributed by atoms with Crippen LogP contribution in [0.25, 0.3) is 0 Å². The first-order chi connectivity index (χ1) is 10.5. The molecule has 2 rings (SSSR count). The van der Waals surface area contributed by atoms with Crippen LogP contribution in [0.2, 0.25) is 0 Å². The fraction of sp³-hybridized carbons (Fsp3) is 0.600. The van der Waals surface area contributed by atoms with Crippen LogP contribution in [0.3, 0.4) is 0 Å². The Kier molecular flexibility index (Phi) is 6.03. The highest BCUT2D eigenvalue weighted by Crippen LogP contribution is 2.33. The molecule has 7 nitrogen and oxygen atoms in total. The third-order valence-corrected chi connectivity index (χ3v) is 6.57. The van der Waals surface area contributed by atoms with Gasteiger partial charge in [-0.1, -0.05) is 13.8 Å². The van der Waals surface area contributed by atoms with Crippen molar-refractivity contribution in [2.45, 2.75) is 45.1 Å². The molecule has 0 radical (unpaired) electrons. The quantitative estimate of drug-likeness (QED) is 0.642. The molecule has 136 valence electrons. The molecule has 0 spiro atoms. The number of nitro groups is 1. The first kappa shape index (κ1) is 20.8. The molecule has 1 aromatic rings. The van der Waals surface area contributed by atoms with Gasteiger partial charge in [0, 0.05) is 30.8 Å². The molecule has 1 heterocycles. The Morgan fingerprint density at radius 1 is 1.29 bits per heavy atom. The van der Waals surface area contributed by atoms with Crippen LogP contribution < -0.4 is 5.73 Å². The van der Waals surface area contributed by atoms with Gasteiger partial charge < -0.3 is 5.73 Å². The monoisotopic (exact) mass is 377 g/mol. The van der Waals surface area contributed by atoms with Gasteiger partial charge in [-0.3, -0.25) is 10.1 Å². The molecule has 0 amide bonds. The second-order valence-corrected chi connectivity index (χ2v) is 8.79. The van der Waals surface area contributed by atoms with Gasteiger partial charge in [0.1, 0.15) is 0 Å². The highest BCUT2D eigenvalue weighted by Gasteiger charge is 2.39. The zero-order valence-corrected chi connectivity index (χ0v) is 15.9. The molecule has 1 fully saturated rings. The topological polar surface area (TPSA) is 107 Å². The lowest BCUT2D eigenvalue weighted by molar-refractivity contribution is -0.385. The maximum Gasteiger partial charge on any atom is 0.273 e. The maximum atomic E-state index is 13.0. The molecule has 24 heavy (non-hydrogen) atoms. The van der Waals surface area contributed by atoms with Crippen molar-refractivity contribution in [2.24, 2.45) is 11.1 Å². The number of benzene rings is 1.